The highest BCUT2D eigenvalue weighted by Gasteiger charge is 2.41. The van der Waals surface area contributed by atoms with Crippen molar-refractivity contribution in [1.82, 2.24) is 4.98 Å². The molecule has 0 saturated carbocycles. The summed E-state index contributed by atoms with van der Waals surface area (Å²) in [5.74, 6) is -0.421. The van der Waals surface area contributed by atoms with Crippen molar-refractivity contribution in [1.29, 1.82) is 0 Å². The molecule has 0 unspecified atom stereocenters. The van der Waals surface area contributed by atoms with Gasteiger partial charge in [0.25, 0.3) is 5.91 Å². The van der Waals surface area contributed by atoms with Gasteiger partial charge in [0, 0.05) is 0 Å². The van der Waals surface area contributed by atoms with Gasteiger partial charge in [-0.2, -0.15) is 13.2 Å². The van der Waals surface area contributed by atoms with Crippen molar-refractivity contribution in [2.75, 3.05) is 4.90 Å². The van der Waals surface area contributed by atoms with Crippen LogP contribution in [0.3, 0.4) is 0 Å². The number of pyridine rings is 1. The molecule has 4 nitrogen and oxygen atoms in total. The Balaban J connectivity index is 2.15. The number of hydrogen-bond acceptors (Lipinski definition) is 3. The third-order valence-corrected chi connectivity index (χ3v) is 4.63. The third kappa shape index (κ3) is 3.22. The van der Waals surface area contributed by atoms with Crippen molar-refractivity contribution in [2.24, 2.45) is 0 Å². The largest absolute Gasteiger partial charge is 0.463 e. The van der Waals surface area contributed by atoms with Gasteiger partial charge in [0.2, 0.25) is 5.88 Å². The van der Waals surface area contributed by atoms with Crippen molar-refractivity contribution in [3.05, 3.63) is 52.1 Å². The first-order chi connectivity index (χ1) is 11.7. The zero-order valence-corrected chi connectivity index (χ0v) is 14.9. The number of amides is 1. The van der Waals surface area contributed by atoms with Gasteiger partial charge >= 0.3 is 6.18 Å². The number of carbonyl (C=O) groups excluding carboxylic acids is 1. The zero-order valence-electron chi connectivity index (χ0n) is 13.3. The van der Waals surface area contributed by atoms with E-state index < -0.39 is 29.8 Å². The van der Waals surface area contributed by atoms with Gasteiger partial charge in [-0.05, 0) is 41.4 Å². The minimum atomic E-state index is -4.60. The Labute approximate surface area is 150 Å². The summed E-state index contributed by atoms with van der Waals surface area (Å²) in [7, 11) is 0. The van der Waals surface area contributed by atoms with Crippen LogP contribution in [-0.2, 0) is 11.0 Å². The lowest BCUT2D eigenvalue weighted by molar-refractivity contribution is -0.138. The predicted octanol–water partition coefficient (Wildman–Crippen LogP) is 4.74. The van der Waals surface area contributed by atoms with Crippen molar-refractivity contribution >= 4 is 27.5 Å². The van der Waals surface area contributed by atoms with Crippen LogP contribution < -0.4 is 9.64 Å². The predicted molar refractivity (Wildman–Crippen MR) is 89.4 cm³/mol. The number of rotatable bonds is 2. The SMILES string of the molecule is C[C@H]1Oc2nc(Br)c(C(F)(F)F)cc2N([C@@H](C)c2ccccc2)C1=O. The normalized spacial score (nSPS) is 18.6. The second-order valence-corrected chi connectivity index (χ2v) is 6.45. The quantitative estimate of drug-likeness (QED) is 0.666. The molecule has 0 aliphatic carbocycles. The first-order valence-electron chi connectivity index (χ1n) is 7.52. The van der Waals surface area contributed by atoms with Gasteiger partial charge < -0.3 is 4.74 Å². The van der Waals surface area contributed by atoms with Gasteiger partial charge in [0.1, 0.15) is 10.3 Å². The van der Waals surface area contributed by atoms with Gasteiger partial charge in [-0.25, -0.2) is 4.98 Å². The van der Waals surface area contributed by atoms with E-state index in [1.165, 1.54) is 4.90 Å². The number of ether oxygens (including phenoxy) is 1. The molecule has 0 radical (unpaired) electrons. The number of carbonyl (C=O) groups is 1. The molecule has 3 rings (SSSR count). The molecule has 0 bridgehead atoms. The summed E-state index contributed by atoms with van der Waals surface area (Å²) in [6.07, 6.45) is -5.44. The summed E-state index contributed by atoms with van der Waals surface area (Å²) in [5.41, 5.74) is -0.148. The Kier molecular flexibility index (Phi) is 4.49. The Morgan fingerprint density at radius 2 is 1.92 bits per heavy atom. The average molecular weight is 415 g/mol. The van der Waals surface area contributed by atoms with Crippen LogP contribution in [0.25, 0.3) is 0 Å². The topological polar surface area (TPSA) is 42.4 Å². The van der Waals surface area contributed by atoms with Crippen LogP contribution in [0.4, 0.5) is 18.9 Å². The van der Waals surface area contributed by atoms with Crippen LogP contribution in [0.1, 0.15) is 31.0 Å². The van der Waals surface area contributed by atoms with E-state index in [1.54, 1.807) is 13.8 Å². The molecule has 0 N–H and O–H groups in total. The van der Waals surface area contributed by atoms with Crippen LogP contribution in [0.2, 0.25) is 0 Å². The fraction of sp³-hybridized carbons (Fsp3) is 0.294. The second kappa shape index (κ2) is 6.33. The van der Waals surface area contributed by atoms with Crippen molar-refractivity contribution in [3.8, 4) is 5.88 Å². The molecule has 25 heavy (non-hydrogen) atoms. The van der Waals surface area contributed by atoms with Crippen LogP contribution in [0.5, 0.6) is 5.88 Å². The Morgan fingerprint density at radius 3 is 2.52 bits per heavy atom. The summed E-state index contributed by atoms with van der Waals surface area (Å²) in [5, 5.41) is 0. The lowest BCUT2D eigenvalue weighted by Gasteiger charge is -2.36. The Morgan fingerprint density at radius 1 is 1.28 bits per heavy atom. The molecule has 0 fully saturated rings. The molecular formula is C17H14BrF3N2O2. The molecule has 8 heteroatoms. The number of hydrogen-bond donors (Lipinski definition) is 0. The number of aromatic nitrogens is 1. The Bertz CT molecular complexity index is 812. The molecule has 0 saturated heterocycles. The maximum Gasteiger partial charge on any atom is 0.419 e. The van der Waals surface area contributed by atoms with Gasteiger partial charge in [-0.1, -0.05) is 30.3 Å². The number of alkyl halides is 3. The van der Waals surface area contributed by atoms with E-state index in [-0.39, 0.29) is 16.2 Å². The van der Waals surface area contributed by atoms with Crippen molar-refractivity contribution in [2.45, 2.75) is 32.2 Å². The van der Waals surface area contributed by atoms with E-state index >= 15 is 0 Å². The fourth-order valence-corrected chi connectivity index (χ4v) is 3.24. The highest BCUT2D eigenvalue weighted by atomic mass is 79.9. The summed E-state index contributed by atoms with van der Waals surface area (Å²) < 4.78 is 44.7. The molecule has 0 spiro atoms. The second-order valence-electron chi connectivity index (χ2n) is 5.70. The van der Waals surface area contributed by atoms with E-state index in [9.17, 15) is 18.0 Å². The number of halogens is 4. The molecule has 1 aromatic heterocycles. The number of nitrogens with zero attached hydrogens (tertiary/aromatic N) is 2. The van der Waals surface area contributed by atoms with Crippen LogP contribution in [0, 0.1) is 0 Å². The van der Waals surface area contributed by atoms with Gasteiger partial charge in [-0.15, -0.1) is 0 Å². The van der Waals surface area contributed by atoms with Gasteiger partial charge in [-0.3, -0.25) is 9.69 Å². The highest BCUT2D eigenvalue weighted by Crippen LogP contribution is 2.44. The van der Waals surface area contributed by atoms with Crippen LogP contribution in [-0.4, -0.2) is 17.0 Å². The summed E-state index contributed by atoms with van der Waals surface area (Å²) >= 11 is 2.83. The lowest BCUT2D eigenvalue weighted by atomic mass is 10.0. The monoisotopic (exact) mass is 414 g/mol. The molecule has 1 amide bonds. The van der Waals surface area contributed by atoms with Gasteiger partial charge in [0.15, 0.2) is 6.10 Å². The number of anilines is 1. The summed E-state index contributed by atoms with van der Waals surface area (Å²) in [6, 6.07) is 9.50. The van der Waals surface area contributed by atoms with E-state index in [4.69, 9.17) is 4.74 Å². The van der Waals surface area contributed by atoms with E-state index in [1.807, 2.05) is 30.3 Å². The van der Waals surface area contributed by atoms with E-state index in [2.05, 4.69) is 20.9 Å². The molecule has 132 valence electrons. The summed E-state index contributed by atoms with van der Waals surface area (Å²) in [4.78, 5) is 17.8. The minimum absolute atomic E-state index is 0.00486. The molecule has 2 heterocycles. The van der Waals surface area contributed by atoms with Crippen molar-refractivity contribution < 1.29 is 22.7 Å². The first kappa shape index (κ1) is 17.7. The molecule has 2 aromatic rings. The number of benzene rings is 1. The van der Waals surface area contributed by atoms with E-state index in [0.717, 1.165) is 11.6 Å². The van der Waals surface area contributed by atoms with Gasteiger partial charge in [0.05, 0.1) is 11.6 Å². The minimum Gasteiger partial charge on any atom is -0.463 e. The lowest BCUT2D eigenvalue weighted by Crippen LogP contribution is -2.46. The maximum absolute atomic E-state index is 13.2. The van der Waals surface area contributed by atoms with Crippen LogP contribution in [0.15, 0.2) is 41.0 Å². The number of fused-ring (bicyclic) bond motifs is 1. The maximum atomic E-state index is 13.2. The molecule has 2 atom stereocenters. The molecule has 1 aliphatic rings. The van der Waals surface area contributed by atoms with Crippen LogP contribution >= 0.6 is 15.9 Å². The standard InChI is InChI=1S/C17H14BrF3N2O2/c1-9(11-6-4-3-5-7-11)23-13-8-12(17(19,20)21)14(18)22-15(13)25-10(2)16(23)24/h3-10H,1-2H3/t9-,10+/m0/s1. The van der Waals surface area contributed by atoms with E-state index in [0.29, 0.717) is 0 Å². The average Bonchev–Trinajstić information content (AvgIpc) is 2.55. The molecule has 1 aliphatic heterocycles. The molecule has 1 aromatic carbocycles. The highest BCUT2D eigenvalue weighted by molar-refractivity contribution is 9.10. The fourth-order valence-electron chi connectivity index (χ4n) is 2.74. The molecular weight excluding hydrogens is 401 g/mol. The summed E-state index contributed by atoms with van der Waals surface area (Å²) in [6.45, 7) is 3.30. The zero-order chi connectivity index (χ0) is 18.4. The van der Waals surface area contributed by atoms with Crippen molar-refractivity contribution in [3.63, 3.8) is 0 Å². The Hall–Kier alpha value is -2.09. The first-order valence-corrected chi connectivity index (χ1v) is 8.32. The smallest absolute Gasteiger partial charge is 0.419 e. The third-order valence-electron chi connectivity index (χ3n) is 4.03.